The normalized spacial score (nSPS) is 11.2. The van der Waals surface area contributed by atoms with E-state index < -0.39 is 39.9 Å². The van der Waals surface area contributed by atoms with Gasteiger partial charge in [-0.1, -0.05) is 24.8 Å². The third kappa shape index (κ3) is 6.04. The highest BCUT2D eigenvalue weighted by molar-refractivity contribution is 7.99. The number of thioether (sulfide) groups is 1. The van der Waals surface area contributed by atoms with E-state index >= 15 is 0 Å². The molecular formula is C18H18F2N2O4S2. The van der Waals surface area contributed by atoms with Crippen molar-refractivity contribution in [1.29, 1.82) is 0 Å². The fourth-order valence-corrected chi connectivity index (χ4v) is 4.09. The summed E-state index contributed by atoms with van der Waals surface area (Å²) in [7, 11) is -3.69. The first kappa shape index (κ1) is 21.9. The largest absolute Gasteiger partial charge is 0.478 e. The smallest absolute Gasteiger partial charge is 0.255 e. The van der Waals surface area contributed by atoms with Crippen molar-refractivity contribution in [2.45, 2.75) is 9.79 Å². The number of amides is 1. The van der Waals surface area contributed by atoms with Gasteiger partial charge in [-0.25, -0.2) is 21.9 Å². The van der Waals surface area contributed by atoms with Crippen LogP contribution in [0.5, 0.6) is 5.75 Å². The van der Waals surface area contributed by atoms with E-state index in [1.54, 1.807) is 18.2 Å². The molecule has 2 aromatic rings. The highest BCUT2D eigenvalue weighted by Gasteiger charge is 2.15. The maximum Gasteiger partial charge on any atom is 0.255 e. The van der Waals surface area contributed by atoms with E-state index in [0.29, 0.717) is 0 Å². The standard InChI is InChI=1S/C18H18F2N2O4S2/c1-2-12-3-5-14(6-4-12)28(24,25)22-7-8-27-13-9-15(19)18(16(20)10-13)26-11-17(21)23/h2-6,9-10,22H,1,7-8,11H2,(H2,21,23). The van der Waals surface area contributed by atoms with Crippen LogP contribution in [0.2, 0.25) is 0 Å². The monoisotopic (exact) mass is 428 g/mol. The molecule has 0 bridgehead atoms. The van der Waals surface area contributed by atoms with Crippen molar-refractivity contribution in [3.8, 4) is 5.75 Å². The van der Waals surface area contributed by atoms with Crippen LogP contribution in [-0.4, -0.2) is 33.2 Å². The van der Waals surface area contributed by atoms with Gasteiger partial charge in [-0.3, -0.25) is 4.79 Å². The number of ether oxygens (including phenoxy) is 1. The molecule has 0 radical (unpaired) electrons. The molecule has 2 aromatic carbocycles. The lowest BCUT2D eigenvalue weighted by Gasteiger charge is -2.09. The minimum absolute atomic E-state index is 0.0549. The third-order valence-corrected chi connectivity index (χ3v) is 5.87. The molecule has 6 nitrogen and oxygen atoms in total. The van der Waals surface area contributed by atoms with Crippen molar-refractivity contribution in [2.24, 2.45) is 5.73 Å². The van der Waals surface area contributed by atoms with E-state index in [1.165, 1.54) is 12.1 Å². The average Bonchev–Trinajstić information content (AvgIpc) is 2.64. The predicted molar refractivity (Wildman–Crippen MR) is 103 cm³/mol. The van der Waals surface area contributed by atoms with Gasteiger partial charge in [0.25, 0.3) is 5.91 Å². The molecule has 3 N–H and O–H groups in total. The Kier molecular flexibility index (Phi) is 7.55. The first-order chi connectivity index (χ1) is 13.2. The first-order valence-corrected chi connectivity index (χ1v) is 10.4. The second-order valence-corrected chi connectivity index (χ2v) is 8.43. The Labute approximate surface area is 165 Å². The molecule has 0 atom stereocenters. The van der Waals surface area contributed by atoms with E-state index in [2.05, 4.69) is 16.0 Å². The van der Waals surface area contributed by atoms with Crippen LogP contribution in [0.1, 0.15) is 5.56 Å². The number of hydrogen-bond donors (Lipinski definition) is 2. The van der Waals surface area contributed by atoms with Gasteiger partial charge in [-0.2, -0.15) is 0 Å². The quantitative estimate of drug-likeness (QED) is 0.448. The molecule has 0 aliphatic rings. The summed E-state index contributed by atoms with van der Waals surface area (Å²) in [5, 5.41) is 0. The molecule has 0 aromatic heterocycles. The van der Waals surface area contributed by atoms with Crippen LogP contribution in [0.25, 0.3) is 6.08 Å². The number of primary amides is 1. The zero-order valence-corrected chi connectivity index (χ0v) is 16.3. The summed E-state index contributed by atoms with van der Waals surface area (Å²) in [6, 6.07) is 8.25. The Morgan fingerprint density at radius 3 is 2.36 bits per heavy atom. The molecule has 0 heterocycles. The van der Waals surface area contributed by atoms with E-state index in [1.807, 2.05) is 0 Å². The molecule has 2 rings (SSSR count). The molecule has 150 valence electrons. The number of carbonyl (C=O) groups is 1. The Morgan fingerprint density at radius 1 is 1.21 bits per heavy atom. The van der Waals surface area contributed by atoms with Crippen LogP contribution in [0, 0.1) is 11.6 Å². The van der Waals surface area contributed by atoms with Crippen LogP contribution in [0.4, 0.5) is 8.78 Å². The summed E-state index contributed by atoms with van der Waals surface area (Å²) in [6.45, 7) is 3.01. The van der Waals surface area contributed by atoms with E-state index in [-0.39, 0.29) is 22.1 Å². The van der Waals surface area contributed by atoms with Gasteiger partial charge in [0, 0.05) is 17.2 Å². The number of benzene rings is 2. The summed E-state index contributed by atoms with van der Waals surface area (Å²) in [5.74, 6) is -3.27. The number of carbonyl (C=O) groups excluding carboxylic acids is 1. The summed E-state index contributed by atoms with van der Waals surface area (Å²) in [4.78, 5) is 11.0. The Balaban J connectivity index is 1.92. The van der Waals surface area contributed by atoms with Gasteiger partial charge in [-0.15, -0.1) is 11.8 Å². The maximum absolute atomic E-state index is 13.9. The fraction of sp³-hybridized carbons (Fsp3) is 0.167. The van der Waals surface area contributed by atoms with Crippen molar-refractivity contribution < 1.29 is 26.7 Å². The van der Waals surface area contributed by atoms with Crippen LogP contribution in [-0.2, 0) is 14.8 Å². The summed E-state index contributed by atoms with van der Waals surface area (Å²) >= 11 is 1.06. The number of nitrogens with one attached hydrogen (secondary N) is 1. The van der Waals surface area contributed by atoms with Crippen molar-refractivity contribution >= 4 is 33.8 Å². The number of nitrogens with two attached hydrogens (primary N) is 1. The zero-order valence-electron chi connectivity index (χ0n) is 14.7. The van der Waals surface area contributed by atoms with Gasteiger partial charge in [0.15, 0.2) is 24.0 Å². The lowest BCUT2D eigenvalue weighted by Crippen LogP contribution is -2.26. The highest BCUT2D eigenvalue weighted by Crippen LogP contribution is 2.28. The predicted octanol–water partition coefficient (Wildman–Crippen LogP) is 2.54. The van der Waals surface area contributed by atoms with E-state index in [0.717, 1.165) is 29.5 Å². The minimum Gasteiger partial charge on any atom is -0.478 e. The zero-order chi connectivity index (χ0) is 20.7. The average molecular weight is 428 g/mol. The number of rotatable bonds is 10. The SMILES string of the molecule is C=Cc1ccc(S(=O)(=O)NCCSc2cc(F)c(OCC(N)=O)c(F)c2)cc1. The van der Waals surface area contributed by atoms with Crippen LogP contribution in [0.15, 0.2) is 52.8 Å². The van der Waals surface area contributed by atoms with Gasteiger partial charge in [0.2, 0.25) is 10.0 Å². The van der Waals surface area contributed by atoms with E-state index in [4.69, 9.17) is 5.73 Å². The molecule has 0 unspecified atom stereocenters. The summed E-state index contributed by atoms with van der Waals surface area (Å²) < 4.78 is 59.3. The van der Waals surface area contributed by atoms with Crippen molar-refractivity contribution in [3.05, 3.63) is 60.2 Å². The molecule has 0 saturated heterocycles. The topological polar surface area (TPSA) is 98.5 Å². The molecule has 0 aliphatic carbocycles. The lowest BCUT2D eigenvalue weighted by molar-refractivity contribution is -0.120. The van der Waals surface area contributed by atoms with Crippen molar-refractivity contribution in [1.82, 2.24) is 4.72 Å². The molecule has 1 amide bonds. The maximum atomic E-state index is 13.9. The van der Waals surface area contributed by atoms with Gasteiger partial charge < -0.3 is 10.5 Å². The Morgan fingerprint density at radius 2 is 1.82 bits per heavy atom. The summed E-state index contributed by atoms with van der Waals surface area (Å²) in [5.41, 5.74) is 5.66. The van der Waals surface area contributed by atoms with Crippen LogP contribution >= 0.6 is 11.8 Å². The molecule has 0 saturated carbocycles. The van der Waals surface area contributed by atoms with Crippen molar-refractivity contribution in [3.63, 3.8) is 0 Å². The molecular weight excluding hydrogens is 410 g/mol. The van der Waals surface area contributed by atoms with E-state index in [9.17, 15) is 22.0 Å². The molecule has 0 fully saturated rings. The number of hydrogen-bond acceptors (Lipinski definition) is 5. The Bertz CT molecular complexity index is 941. The highest BCUT2D eigenvalue weighted by atomic mass is 32.2. The second-order valence-electron chi connectivity index (χ2n) is 5.49. The van der Waals surface area contributed by atoms with Crippen LogP contribution in [0.3, 0.4) is 0 Å². The lowest BCUT2D eigenvalue weighted by atomic mass is 10.2. The van der Waals surface area contributed by atoms with Crippen LogP contribution < -0.4 is 15.2 Å². The van der Waals surface area contributed by atoms with Gasteiger partial charge in [0.1, 0.15) is 0 Å². The number of halogens is 2. The first-order valence-electron chi connectivity index (χ1n) is 7.98. The molecule has 10 heteroatoms. The third-order valence-electron chi connectivity index (χ3n) is 3.42. The number of sulfonamides is 1. The Hall–Kier alpha value is -2.43. The van der Waals surface area contributed by atoms with Gasteiger partial charge in [-0.05, 0) is 29.8 Å². The van der Waals surface area contributed by atoms with Crippen molar-refractivity contribution in [2.75, 3.05) is 18.9 Å². The minimum atomic E-state index is -3.69. The summed E-state index contributed by atoms with van der Waals surface area (Å²) in [6.07, 6.45) is 1.60. The molecule has 28 heavy (non-hydrogen) atoms. The van der Waals surface area contributed by atoms with Gasteiger partial charge >= 0.3 is 0 Å². The molecule has 0 spiro atoms. The van der Waals surface area contributed by atoms with Gasteiger partial charge in [0.05, 0.1) is 4.90 Å². The fourth-order valence-electron chi connectivity index (χ4n) is 2.11. The molecule has 0 aliphatic heterocycles. The second kappa shape index (κ2) is 9.67.